The molecule has 19 heavy (non-hydrogen) atoms. The Morgan fingerprint density at radius 3 is 2.32 bits per heavy atom. The lowest BCUT2D eigenvalue weighted by Crippen LogP contribution is -2.53. The highest BCUT2D eigenvalue weighted by Crippen LogP contribution is 2.29. The number of amides is 1. The highest BCUT2D eigenvalue weighted by Gasteiger charge is 2.38. The number of hydrogen-bond acceptors (Lipinski definition) is 4. The number of carbonyl (C=O) groups is 1. The summed E-state index contributed by atoms with van der Waals surface area (Å²) in [6.45, 7) is 5.61. The zero-order valence-electron chi connectivity index (χ0n) is 12.1. The summed E-state index contributed by atoms with van der Waals surface area (Å²) in [4.78, 5) is 13.6. The number of carbonyl (C=O) groups excluding carboxylic acids is 1. The van der Waals surface area contributed by atoms with Crippen LogP contribution in [0.25, 0.3) is 0 Å². The Morgan fingerprint density at radius 2 is 1.84 bits per heavy atom. The molecular weight excluding hydrogens is 246 g/mol. The zero-order valence-corrected chi connectivity index (χ0v) is 12.1. The molecular formula is C14H21NO4. The summed E-state index contributed by atoms with van der Waals surface area (Å²) in [7, 11) is 2.96. The van der Waals surface area contributed by atoms with Crippen LogP contribution in [0.2, 0.25) is 0 Å². The molecule has 0 aliphatic heterocycles. The van der Waals surface area contributed by atoms with Crippen LogP contribution < -0.4 is 4.90 Å². The van der Waals surface area contributed by atoms with Gasteiger partial charge in [0.05, 0.1) is 12.3 Å². The van der Waals surface area contributed by atoms with E-state index < -0.39 is 12.0 Å². The number of nitrogens with zero attached hydrogens (tertiary/aromatic N) is 1. The third-order valence-corrected chi connectivity index (χ3v) is 2.97. The number of rotatable bonds is 5. The molecule has 0 aromatic heterocycles. The number of benzene rings is 1. The van der Waals surface area contributed by atoms with Crippen molar-refractivity contribution < 1.29 is 19.0 Å². The second-order valence-corrected chi connectivity index (χ2v) is 4.13. The van der Waals surface area contributed by atoms with Gasteiger partial charge in [-0.15, -0.1) is 0 Å². The van der Waals surface area contributed by atoms with Crippen LogP contribution in [-0.2, 0) is 14.2 Å². The summed E-state index contributed by atoms with van der Waals surface area (Å²) in [5.41, 5.74) is 1.61. The molecule has 5 heteroatoms. The molecule has 106 valence electrons. The van der Waals surface area contributed by atoms with Gasteiger partial charge in [0.1, 0.15) is 0 Å². The van der Waals surface area contributed by atoms with Gasteiger partial charge in [-0.1, -0.05) is 18.2 Å². The molecule has 1 rings (SSSR count). The molecule has 1 aromatic carbocycles. The van der Waals surface area contributed by atoms with Gasteiger partial charge in [-0.05, 0) is 25.5 Å². The summed E-state index contributed by atoms with van der Waals surface area (Å²) in [5.74, 6) is -1.22. The second kappa shape index (κ2) is 6.54. The Bertz CT molecular complexity index is 429. The zero-order chi connectivity index (χ0) is 14.5. The van der Waals surface area contributed by atoms with Crippen molar-refractivity contribution in [3.05, 3.63) is 29.8 Å². The van der Waals surface area contributed by atoms with Gasteiger partial charge in [-0.2, -0.15) is 0 Å². The van der Waals surface area contributed by atoms with Gasteiger partial charge < -0.3 is 14.2 Å². The predicted octanol–water partition coefficient (Wildman–Crippen LogP) is 2.92. The van der Waals surface area contributed by atoms with Crippen molar-refractivity contribution in [3.63, 3.8) is 0 Å². The highest BCUT2D eigenvalue weighted by atomic mass is 16.7. The Kier molecular flexibility index (Phi) is 5.32. The van der Waals surface area contributed by atoms with Gasteiger partial charge in [0.15, 0.2) is 0 Å². The molecule has 0 aliphatic rings. The molecule has 0 spiro atoms. The molecule has 1 amide bonds. The van der Waals surface area contributed by atoms with Gasteiger partial charge in [0.25, 0.3) is 5.91 Å². The predicted molar refractivity (Wildman–Crippen MR) is 73.1 cm³/mol. The number of hydrogen-bond donors (Lipinski definition) is 0. The van der Waals surface area contributed by atoms with E-state index in [0.717, 1.165) is 5.56 Å². The fraction of sp³-hybridized carbons (Fsp3) is 0.500. The van der Waals surface area contributed by atoms with Crippen molar-refractivity contribution >= 4 is 11.8 Å². The summed E-state index contributed by atoms with van der Waals surface area (Å²) in [5, 5.41) is 0. The number of methoxy groups -OCH3 is 2. The second-order valence-electron chi connectivity index (χ2n) is 4.13. The number of ether oxygens (including phenoxy) is 3. The van der Waals surface area contributed by atoms with E-state index in [0.29, 0.717) is 5.69 Å². The van der Waals surface area contributed by atoms with Crippen LogP contribution >= 0.6 is 0 Å². The van der Waals surface area contributed by atoms with Crippen molar-refractivity contribution in [1.82, 2.24) is 0 Å². The van der Waals surface area contributed by atoms with Crippen LogP contribution in [0.3, 0.4) is 0 Å². The number of aryl methyl sites for hydroxylation is 1. The van der Waals surface area contributed by atoms with Crippen molar-refractivity contribution in [2.45, 2.75) is 26.7 Å². The van der Waals surface area contributed by atoms with Crippen LogP contribution in [0.5, 0.6) is 0 Å². The fourth-order valence-electron chi connectivity index (χ4n) is 1.75. The minimum absolute atomic E-state index is 0.282. The maximum Gasteiger partial charge on any atom is 0.418 e. The molecule has 0 fully saturated rings. The van der Waals surface area contributed by atoms with Gasteiger partial charge >= 0.3 is 6.09 Å². The topological polar surface area (TPSA) is 48.0 Å². The SMILES string of the molecule is CCOC(=O)N(c1ccccc1C)C(C)(OC)OC. The van der Waals surface area contributed by atoms with Crippen LogP contribution in [0.4, 0.5) is 10.5 Å². The average molecular weight is 267 g/mol. The van der Waals surface area contributed by atoms with Gasteiger partial charge in [0, 0.05) is 21.1 Å². The summed E-state index contributed by atoms with van der Waals surface area (Å²) in [6.07, 6.45) is -0.511. The molecule has 0 unspecified atom stereocenters. The van der Waals surface area contributed by atoms with Crippen molar-refractivity contribution in [1.29, 1.82) is 0 Å². The van der Waals surface area contributed by atoms with E-state index in [9.17, 15) is 4.79 Å². The van der Waals surface area contributed by atoms with Gasteiger partial charge in [0.2, 0.25) is 0 Å². The minimum Gasteiger partial charge on any atom is -0.449 e. The molecule has 0 radical (unpaired) electrons. The Hall–Kier alpha value is -1.59. The molecule has 0 saturated heterocycles. The quantitative estimate of drug-likeness (QED) is 0.770. The largest absolute Gasteiger partial charge is 0.449 e. The Morgan fingerprint density at radius 1 is 1.26 bits per heavy atom. The molecule has 0 atom stereocenters. The minimum atomic E-state index is -1.22. The third-order valence-electron chi connectivity index (χ3n) is 2.97. The van der Waals surface area contributed by atoms with Crippen molar-refractivity contribution in [3.8, 4) is 0 Å². The average Bonchev–Trinajstić information content (AvgIpc) is 2.41. The Balaban J connectivity index is 3.27. The first-order valence-electron chi connectivity index (χ1n) is 6.13. The molecule has 0 N–H and O–H groups in total. The first kappa shape index (κ1) is 15.5. The molecule has 0 aliphatic carbocycles. The van der Waals surface area contributed by atoms with E-state index in [1.807, 2.05) is 31.2 Å². The maximum atomic E-state index is 12.2. The van der Waals surface area contributed by atoms with Crippen molar-refractivity contribution in [2.75, 3.05) is 25.7 Å². The molecule has 0 heterocycles. The monoisotopic (exact) mass is 267 g/mol. The lowest BCUT2D eigenvalue weighted by atomic mass is 10.2. The Labute approximate surface area is 114 Å². The fourth-order valence-corrected chi connectivity index (χ4v) is 1.75. The normalized spacial score (nSPS) is 11.2. The van der Waals surface area contributed by atoms with E-state index in [-0.39, 0.29) is 6.61 Å². The van der Waals surface area contributed by atoms with E-state index in [1.165, 1.54) is 19.1 Å². The van der Waals surface area contributed by atoms with Crippen LogP contribution in [-0.4, -0.2) is 32.8 Å². The van der Waals surface area contributed by atoms with Gasteiger partial charge in [-0.25, -0.2) is 9.69 Å². The highest BCUT2D eigenvalue weighted by molar-refractivity contribution is 5.89. The standard InChI is InChI=1S/C14H21NO4/c1-6-19-13(16)15(14(3,17-4)18-5)12-10-8-7-9-11(12)2/h7-10H,6H2,1-5H3. The first-order chi connectivity index (χ1) is 9.00. The van der Waals surface area contributed by atoms with Crippen LogP contribution in [0, 0.1) is 6.92 Å². The molecule has 1 aromatic rings. The van der Waals surface area contributed by atoms with Crippen LogP contribution in [0.1, 0.15) is 19.4 Å². The first-order valence-corrected chi connectivity index (χ1v) is 6.13. The van der Waals surface area contributed by atoms with E-state index in [2.05, 4.69) is 0 Å². The van der Waals surface area contributed by atoms with Crippen LogP contribution in [0.15, 0.2) is 24.3 Å². The lowest BCUT2D eigenvalue weighted by Gasteiger charge is -2.38. The third kappa shape index (κ3) is 3.24. The lowest BCUT2D eigenvalue weighted by molar-refractivity contribution is -0.188. The summed E-state index contributed by atoms with van der Waals surface area (Å²) in [6, 6.07) is 7.48. The van der Waals surface area contributed by atoms with E-state index >= 15 is 0 Å². The molecule has 0 bridgehead atoms. The van der Waals surface area contributed by atoms with E-state index in [1.54, 1.807) is 13.8 Å². The summed E-state index contributed by atoms with van der Waals surface area (Å²) < 4.78 is 15.7. The maximum absolute atomic E-state index is 12.2. The smallest absolute Gasteiger partial charge is 0.418 e. The number of para-hydroxylation sites is 1. The molecule has 0 saturated carbocycles. The van der Waals surface area contributed by atoms with E-state index in [4.69, 9.17) is 14.2 Å². The molecule has 5 nitrogen and oxygen atoms in total. The van der Waals surface area contributed by atoms with Crippen molar-refractivity contribution in [2.24, 2.45) is 0 Å². The van der Waals surface area contributed by atoms with Gasteiger partial charge in [-0.3, -0.25) is 0 Å². The number of anilines is 1. The summed E-state index contributed by atoms with van der Waals surface area (Å²) >= 11 is 0.